The van der Waals surface area contributed by atoms with Gasteiger partial charge in [-0.25, -0.2) is 4.99 Å². The molecule has 1 aliphatic rings. The molecule has 1 heterocycles. The quantitative estimate of drug-likeness (QED) is 0.215. The second kappa shape index (κ2) is 12.0. The molecule has 0 bridgehead atoms. The van der Waals surface area contributed by atoms with E-state index in [1.807, 2.05) is 109 Å². The molecule has 1 amide bonds. The zero-order valence-corrected chi connectivity index (χ0v) is 22.3. The maximum Gasteiger partial charge on any atom is 0.267 e. The third kappa shape index (κ3) is 6.28. The molecule has 0 N–H and O–H groups in total. The van der Waals surface area contributed by atoms with Gasteiger partial charge < -0.3 is 9.47 Å². The van der Waals surface area contributed by atoms with Crippen LogP contribution >= 0.6 is 23.4 Å². The Kier molecular flexibility index (Phi) is 8.12. The molecular weight excluding hydrogens is 516 g/mol. The molecule has 1 fully saturated rings. The average Bonchev–Trinajstić information content (AvgIpc) is 3.23. The van der Waals surface area contributed by atoms with Crippen LogP contribution in [0.4, 0.5) is 5.69 Å². The lowest BCUT2D eigenvalue weighted by atomic mass is 10.1. The number of halogens is 1. The molecule has 0 aromatic heterocycles. The third-order valence-corrected chi connectivity index (χ3v) is 7.10. The molecule has 7 heteroatoms. The number of amidine groups is 1. The van der Waals surface area contributed by atoms with Crippen LogP contribution in [-0.4, -0.2) is 23.1 Å². The van der Waals surface area contributed by atoms with Crippen LogP contribution in [0.2, 0.25) is 5.02 Å². The van der Waals surface area contributed by atoms with Crippen molar-refractivity contribution in [3.05, 3.63) is 130 Å². The molecule has 0 spiro atoms. The summed E-state index contributed by atoms with van der Waals surface area (Å²) in [5.74, 6) is 1.12. The van der Waals surface area contributed by atoms with E-state index in [4.69, 9.17) is 26.1 Å². The van der Waals surface area contributed by atoms with Crippen molar-refractivity contribution in [2.45, 2.75) is 13.2 Å². The van der Waals surface area contributed by atoms with Gasteiger partial charge >= 0.3 is 0 Å². The fourth-order valence-electron chi connectivity index (χ4n) is 3.90. The number of rotatable bonds is 8. The highest BCUT2D eigenvalue weighted by atomic mass is 35.5. The highest BCUT2D eigenvalue weighted by Crippen LogP contribution is 2.37. The first-order chi connectivity index (χ1) is 18.6. The van der Waals surface area contributed by atoms with Gasteiger partial charge in [-0.3, -0.25) is 9.69 Å². The van der Waals surface area contributed by atoms with E-state index >= 15 is 0 Å². The molecule has 0 aliphatic carbocycles. The maximum atomic E-state index is 13.5. The van der Waals surface area contributed by atoms with Gasteiger partial charge in [0.2, 0.25) is 0 Å². The molecular formula is C31H25ClN2O3S. The van der Waals surface area contributed by atoms with Crippen molar-refractivity contribution in [1.29, 1.82) is 0 Å². The van der Waals surface area contributed by atoms with Crippen LogP contribution in [0.1, 0.15) is 16.7 Å². The van der Waals surface area contributed by atoms with Crippen molar-refractivity contribution >= 4 is 46.2 Å². The standard InChI is InChI=1S/C31H25ClN2O3S/c1-36-28-18-24(14-17-27(28)37-21-23-12-15-25(32)16-13-23)19-29-30(35)34(20-22-8-4-2-5-9-22)31(38-29)33-26-10-6-3-7-11-26/h2-19H,20-21H2,1H3/b29-19+,33-31?. The van der Waals surface area contributed by atoms with Gasteiger partial charge in [0, 0.05) is 5.02 Å². The molecule has 38 heavy (non-hydrogen) atoms. The maximum absolute atomic E-state index is 13.5. The minimum absolute atomic E-state index is 0.0874. The number of amides is 1. The molecule has 4 aromatic rings. The van der Waals surface area contributed by atoms with Gasteiger partial charge in [0.25, 0.3) is 5.91 Å². The van der Waals surface area contributed by atoms with Crippen LogP contribution in [-0.2, 0) is 17.9 Å². The Bertz CT molecular complexity index is 1470. The van der Waals surface area contributed by atoms with Gasteiger partial charge in [-0.05, 0) is 70.9 Å². The second-order valence-electron chi connectivity index (χ2n) is 8.54. The Morgan fingerprint density at radius 2 is 1.58 bits per heavy atom. The summed E-state index contributed by atoms with van der Waals surface area (Å²) in [5.41, 5.74) is 3.66. The van der Waals surface area contributed by atoms with Crippen molar-refractivity contribution < 1.29 is 14.3 Å². The minimum Gasteiger partial charge on any atom is -0.493 e. The highest BCUT2D eigenvalue weighted by Gasteiger charge is 2.33. The summed E-state index contributed by atoms with van der Waals surface area (Å²) < 4.78 is 11.6. The largest absolute Gasteiger partial charge is 0.493 e. The van der Waals surface area contributed by atoms with Crippen LogP contribution in [0.3, 0.4) is 0 Å². The number of thioether (sulfide) groups is 1. The predicted octanol–water partition coefficient (Wildman–Crippen LogP) is 7.73. The molecule has 4 aromatic carbocycles. The Hall–Kier alpha value is -4.00. The summed E-state index contributed by atoms with van der Waals surface area (Å²) in [6, 6.07) is 32.7. The fourth-order valence-corrected chi connectivity index (χ4v) is 5.02. The van der Waals surface area contributed by atoms with Crippen molar-refractivity contribution in [3.63, 3.8) is 0 Å². The van der Waals surface area contributed by atoms with Crippen molar-refractivity contribution in [2.75, 3.05) is 7.11 Å². The van der Waals surface area contributed by atoms with E-state index in [9.17, 15) is 4.79 Å². The monoisotopic (exact) mass is 540 g/mol. The topological polar surface area (TPSA) is 51.1 Å². The number of hydrogen-bond acceptors (Lipinski definition) is 5. The molecule has 0 radical (unpaired) electrons. The van der Waals surface area contributed by atoms with Gasteiger partial charge in [0.05, 0.1) is 24.2 Å². The van der Waals surface area contributed by atoms with Crippen molar-refractivity contribution in [2.24, 2.45) is 4.99 Å². The van der Waals surface area contributed by atoms with E-state index in [1.165, 1.54) is 11.8 Å². The third-order valence-electron chi connectivity index (χ3n) is 5.85. The Morgan fingerprint density at radius 3 is 2.29 bits per heavy atom. The zero-order chi connectivity index (χ0) is 26.3. The van der Waals surface area contributed by atoms with E-state index in [1.54, 1.807) is 12.0 Å². The Morgan fingerprint density at radius 1 is 0.868 bits per heavy atom. The lowest BCUT2D eigenvalue weighted by Gasteiger charge is -2.15. The Labute approximate surface area is 231 Å². The zero-order valence-electron chi connectivity index (χ0n) is 20.7. The van der Waals surface area contributed by atoms with Crippen molar-refractivity contribution in [1.82, 2.24) is 4.90 Å². The molecule has 190 valence electrons. The summed E-state index contributed by atoms with van der Waals surface area (Å²) >= 11 is 7.34. The average molecular weight is 541 g/mol. The Balaban J connectivity index is 1.39. The predicted molar refractivity (Wildman–Crippen MR) is 155 cm³/mol. The van der Waals surface area contributed by atoms with E-state index < -0.39 is 0 Å². The molecule has 1 aliphatic heterocycles. The van der Waals surface area contributed by atoms with Gasteiger partial charge in [-0.1, -0.05) is 78.3 Å². The summed E-state index contributed by atoms with van der Waals surface area (Å²) in [6.45, 7) is 0.826. The van der Waals surface area contributed by atoms with Crippen LogP contribution in [0, 0.1) is 0 Å². The van der Waals surface area contributed by atoms with Gasteiger partial charge in [-0.15, -0.1) is 0 Å². The fraction of sp³-hybridized carbons (Fsp3) is 0.0968. The van der Waals surface area contributed by atoms with Gasteiger partial charge in [0.15, 0.2) is 16.7 Å². The number of methoxy groups -OCH3 is 1. The summed E-state index contributed by atoms with van der Waals surface area (Å²) in [6.07, 6.45) is 1.87. The normalized spacial score (nSPS) is 15.3. The van der Waals surface area contributed by atoms with Crippen molar-refractivity contribution in [3.8, 4) is 11.5 Å². The number of nitrogens with zero attached hydrogens (tertiary/aromatic N) is 2. The number of ether oxygens (including phenoxy) is 2. The number of para-hydroxylation sites is 1. The smallest absolute Gasteiger partial charge is 0.267 e. The lowest BCUT2D eigenvalue weighted by Crippen LogP contribution is -2.28. The molecule has 5 nitrogen and oxygen atoms in total. The number of benzene rings is 4. The second-order valence-corrected chi connectivity index (χ2v) is 9.99. The first-order valence-corrected chi connectivity index (χ1v) is 13.2. The summed E-state index contributed by atoms with van der Waals surface area (Å²) in [7, 11) is 1.60. The minimum atomic E-state index is -0.0874. The summed E-state index contributed by atoms with van der Waals surface area (Å²) in [5, 5.41) is 1.33. The number of hydrogen-bond donors (Lipinski definition) is 0. The molecule has 0 saturated carbocycles. The van der Waals surface area contributed by atoms with Crippen LogP contribution in [0.5, 0.6) is 11.5 Å². The van der Waals surface area contributed by atoms with Gasteiger partial charge in [-0.2, -0.15) is 0 Å². The first kappa shape index (κ1) is 25.6. The molecule has 5 rings (SSSR count). The number of carbonyl (C=O) groups is 1. The first-order valence-electron chi connectivity index (χ1n) is 12.0. The SMILES string of the molecule is COc1cc(/C=C2/SC(=Nc3ccccc3)N(Cc3ccccc3)C2=O)ccc1OCc1ccc(Cl)cc1. The van der Waals surface area contributed by atoms with E-state index in [-0.39, 0.29) is 5.91 Å². The van der Waals surface area contributed by atoms with E-state index in [0.717, 1.165) is 22.4 Å². The summed E-state index contributed by atoms with van der Waals surface area (Å²) in [4.78, 5) is 20.6. The number of aliphatic imine (C=N–C) groups is 1. The lowest BCUT2D eigenvalue weighted by molar-refractivity contribution is -0.122. The van der Waals surface area contributed by atoms with E-state index in [0.29, 0.717) is 39.7 Å². The molecule has 0 atom stereocenters. The highest BCUT2D eigenvalue weighted by molar-refractivity contribution is 8.18. The van der Waals surface area contributed by atoms with Crippen LogP contribution in [0.25, 0.3) is 6.08 Å². The molecule has 1 saturated heterocycles. The van der Waals surface area contributed by atoms with E-state index in [2.05, 4.69) is 0 Å². The van der Waals surface area contributed by atoms with Crippen LogP contribution < -0.4 is 9.47 Å². The number of carbonyl (C=O) groups excluding carboxylic acids is 1. The van der Waals surface area contributed by atoms with Crippen LogP contribution in [0.15, 0.2) is 113 Å². The van der Waals surface area contributed by atoms with Gasteiger partial charge in [0.1, 0.15) is 6.61 Å². The molecule has 0 unspecified atom stereocenters.